The molecule has 8 nitrogen and oxygen atoms in total. The number of halogens is 1. The fourth-order valence-corrected chi connectivity index (χ4v) is 6.03. The minimum absolute atomic E-state index is 0.102. The zero-order valence-corrected chi connectivity index (χ0v) is 24.9. The molecular formula is C28H42FN3O5Si. The monoisotopic (exact) mass is 547 g/mol. The molecule has 0 spiro atoms. The summed E-state index contributed by atoms with van der Waals surface area (Å²) < 4.78 is 27.1. The number of aromatic nitrogens is 1. The maximum atomic E-state index is 14.4. The van der Waals surface area contributed by atoms with Crippen LogP contribution in [0.3, 0.4) is 0 Å². The number of nitro groups is 1. The highest BCUT2D eigenvalue weighted by atomic mass is 28.4. The highest BCUT2D eigenvalue weighted by Gasteiger charge is 2.48. The van der Waals surface area contributed by atoms with Gasteiger partial charge in [-0.1, -0.05) is 32.4 Å². The van der Waals surface area contributed by atoms with E-state index in [0.717, 1.165) is 11.8 Å². The summed E-state index contributed by atoms with van der Waals surface area (Å²) >= 11 is 0. The molecule has 2 heterocycles. The van der Waals surface area contributed by atoms with Crippen molar-refractivity contribution in [1.82, 2.24) is 9.88 Å². The van der Waals surface area contributed by atoms with Crippen LogP contribution in [0.25, 0.3) is 0 Å². The van der Waals surface area contributed by atoms with Crippen LogP contribution in [0.15, 0.2) is 41.9 Å². The maximum absolute atomic E-state index is 14.4. The van der Waals surface area contributed by atoms with Crippen molar-refractivity contribution in [3.63, 3.8) is 0 Å². The van der Waals surface area contributed by atoms with Crippen LogP contribution in [0, 0.1) is 15.9 Å². The van der Waals surface area contributed by atoms with E-state index >= 15 is 0 Å². The van der Waals surface area contributed by atoms with E-state index in [4.69, 9.17) is 9.16 Å². The number of likely N-dealkylation sites (tertiary alicyclic amines) is 1. The van der Waals surface area contributed by atoms with Crippen molar-refractivity contribution >= 4 is 14.4 Å². The van der Waals surface area contributed by atoms with Crippen LogP contribution in [-0.4, -0.2) is 46.9 Å². The van der Waals surface area contributed by atoms with E-state index in [1.165, 1.54) is 6.07 Å². The highest BCUT2D eigenvalue weighted by Crippen LogP contribution is 2.45. The van der Waals surface area contributed by atoms with Crippen LogP contribution in [0.5, 0.6) is 0 Å². The van der Waals surface area contributed by atoms with Crippen molar-refractivity contribution in [2.75, 3.05) is 0 Å². The first-order valence-electron chi connectivity index (χ1n) is 13.3. The lowest BCUT2D eigenvalue weighted by Crippen LogP contribution is -2.50. The van der Waals surface area contributed by atoms with Gasteiger partial charge >= 0.3 is 6.09 Å². The molecule has 1 aliphatic carbocycles. The molecule has 1 aromatic rings. The summed E-state index contributed by atoms with van der Waals surface area (Å²) in [6, 6.07) is 0.902. The fraction of sp³-hybridized carbons (Fsp3) is 0.643. The molecule has 0 bridgehead atoms. The summed E-state index contributed by atoms with van der Waals surface area (Å²) in [5, 5.41) is 11.0. The summed E-state index contributed by atoms with van der Waals surface area (Å²) in [6.07, 6.45) is 8.05. The van der Waals surface area contributed by atoms with E-state index in [1.807, 2.05) is 26.8 Å². The molecule has 1 aliphatic heterocycles. The van der Waals surface area contributed by atoms with Gasteiger partial charge in [0.25, 0.3) is 0 Å². The fourth-order valence-electron chi connectivity index (χ4n) is 4.75. The summed E-state index contributed by atoms with van der Waals surface area (Å²) in [5.74, 6) is -0.453. The Labute approximate surface area is 226 Å². The van der Waals surface area contributed by atoms with Gasteiger partial charge in [-0.3, -0.25) is 20.0 Å². The van der Waals surface area contributed by atoms with Gasteiger partial charge in [-0.2, -0.15) is 0 Å². The SMILES string of the molecule is CC(C)(C)OC(=O)N1[C@H](CC2=CC=C([N+](=O)[O-])CC2)CC[C@@H]1[C@H](O[Si](C)(C)C(C)(C)C)c1cncc(F)c1. The molecule has 0 radical (unpaired) electrons. The number of ether oxygens (including phenoxy) is 1. The Bertz CT molecular complexity index is 1110. The third-order valence-corrected chi connectivity index (χ3v) is 12.2. The van der Waals surface area contributed by atoms with E-state index in [2.05, 4.69) is 38.8 Å². The molecule has 0 saturated carbocycles. The molecule has 2 aliphatic rings. The Hall–Kier alpha value is -2.59. The smallest absolute Gasteiger partial charge is 0.410 e. The Morgan fingerprint density at radius 2 is 1.87 bits per heavy atom. The number of rotatable bonds is 7. The first kappa shape index (κ1) is 30.0. The Morgan fingerprint density at radius 1 is 1.18 bits per heavy atom. The zero-order valence-electron chi connectivity index (χ0n) is 23.9. The van der Waals surface area contributed by atoms with Gasteiger partial charge in [0.2, 0.25) is 5.70 Å². The predicted molar refractivity (Wildman–Crippen MR) is 147 cm³/mol. The molecule has 0 N–H and O–H groups in total. The van der Waals surface area contributed by atoms with Gasteiger partial charge in [-0.25, -0.2) is 9.18 Å². The van der Waals surface area contributed by atoms with Gasteiger partial charge in [-0.05, 0) is 70.7 Å². The van der Waals surface area contributed by atoms with Crippen LogP contribution in [0.1, 0.15) is 85.3 Å². The van der Waals surface area contributed by atoms with Gasteiger partial charge in [0.1, 0.15) is 11.4 Å². The van der Waals surface area contributed by atoms with Gasteiger partial charge in [0.05, 0.1) is 23.3 Å². The second-order valence-corrected chi connectivity index (χ2v) is 17.6. The largest absolute Gasteiger partial charge is 0.444 e. The average molecular weight is 548 g/mol. The molecule has 1 saturated heterocycles. The number of carbonyl (C=O) groups excluding carboxylic acids is 1. The molecule has 3 atom stereocenters. The van der Waals surface area contributed by atoms with Crippen molar-refractivity contribution in [2.45, 2.75) is 116 Å². The maximum Gasteiger partial charge on any atom is 0.410 e. The third-order valence-electron chi connectivity index (χ3n) is 7.73. The molecule has 1 amide bonds. The molecule has 38 heavy (non-hydrogen) atoms. The minimum Gasteiger partial charge on any atom is -0.444 e. The number of amides is 1. The first-order valence-corrected chi connectivity index (χ1v) is 16.2. The standard InChI is InChI=1S/C28H42FN3O5Si/c1-27(2,3)36-26(33)31-23(15-19-9-11-22(12-10-19)32(34)35)13-14-24(31)25(20-16-21(29)18-30-17-20)37-38(7,8)28(4,5)6/h9,11,16-18,23-25H,10,12-15H2,1-8H3/t23-,24+,25+/m0/s1. The van der Waals surface area contributed by atoms with Crippen LogP contribution in [0.4, 0.5) is 9.18 Å². The summed E-state index contributed by atoms with van der Waals surface area (Å²) in [7, 11) is -2.34. The van der Waals surface area contributed by atoms with E-state index < -0.39 is 31.9 Å². The second-order valence-electron chi connectivity index (χ2n) is 12.9. The van der Waals surface area contributed by atoms with Crippen LogP contribution < -0.4 is 0 Å². The number of allylic oxidation sites excluding steroid dienone is 3. The lowest BCUT2D eigenvalue weighted by atomic mass is 9.95. The van der Waals surface area contributed by atoms with Crippen molar-refractivity contribution < 1.29 is 23.3 Å². The lowest BCUT2D eigenvalue weighted by molar-refractivity contribution is -0.428. The van der Waals surface area contributed by atoms with E-state index in [9.17, 15) is 19.3 Å². The summed E-state index contributed by atoms with van der Waals surface area (Å²) in [4.78, 5) is 30.3. The minimum atomic E-state index is -2.34. The van der Waals surface area contributed by atoms with E-state index in [0.29, 0.717) is 37.7 Å². The topological polar surface area (TPSA) is 94.8 Å². The van der Waals surface area contributed by atoms with Crippen LogP contribution in [0.2, 0.25) is 18.1 Å². The lowest BCUT2D eigenvalue weighted by Gasteiger charge is -2.43. The van der Waals surface area contributed by atoms with Gasteiger partial charge in [-0.15, -0.1) is 0 Å². The Kier molecular flexibility index (Phi) is 8.87. The Balaban J connectivity index is 2.01. The molecule has 10 heteroatoms. The van der Waals surface area contributed by atoms with Gasteiger partial charge < -0.3 is 9.16 Å². The molecule has 1 fully saturated rings. The third kappa shape index (κ3) is 7.28. The quantitative estimate of drug-likeness (QED) is 0.202. The highest BCUT2D eigenvalue weighted by molar-refractivity contribution is 6.74. The van der Waals surface area contributed by atoms with E-state index in [1.54, 1.807) is 17.2 Å². The first-order chi connectivity index (χ1) is 17.5. The normalized spacial score (nSPS) is 21.6. The number of hydrogen-bond donors (Lipinski definition) is 0. The van der Waals surface area contributed by atoms with Crippen LogP contribution in [-0.2, 0) is 9.16 Å². The molecule has 3 rings (SSSR count). The average Bonchev–Trinajstić information content (AvgIpc) is 3.19. The predicted octanol–water partition coefficient (Wildman–Crippen LogP) is 7.32. The molecule has 1 aromatic heterocycles. The van der Waals surface area contributed by atoms with E-state index in [-0.39, 0.29) is 27.7 Å². The molecule has 0 unspecified atom stereocenters. The van der Waals surface area contributed by atoms with Gasteiger partial charge in [0, 0.05) is 30.3 Å². The van der Waals surface area contributed by atoms with Gasteiger partial charge in [0.15, 0.2) is 8.32 Å². The molecular weight excluding hydrogens is 505 g/mol. The number of nitrogens with zero attached hydrogens (tertiary/aromatic N) is 3. The number of carbonyl (C=O) groups is 1. The van der Waals surface area contributed by atoms with Crippen molar-refractivity contribution in [3.05, 3.63) is 63.4 Å². The summed E-state index contributed by atoms with van der Waals surface area (Å²) in [6.45, 7) is 16.2. The number of hydrogen-bond acceptors (Lipinski definition) is 6. The van der Waals surface area contributed by atoms with Crippen molar-refractivity contribution in [2.24, 2.45) is 0 Å². The van der Waals surface area contributed by atoms with Crippen molar-refractivity contribution in [1.29, 1.82) is 0 Å². The second kappa shape index (κ2) is 11.3. The molecule has 0 aromatic carbocycles. The summed E-state index contributed by atoms with van der Waals surface area (Å²) in [5.41, 5.74) is 1.16. The zero-order chi connectivity index (χ0) is 28.5. The molecule has 210 valence electrons. The Morgan fingerprint density at radius 3 is 2.39 bits per heavy atom. The number of pyridine rings is 1. The van der Waals surface area contributed by atoms with Crippen molar-refractivity contribution in [3.8, 4) is 0 Å². The van der Waals surface area contributed by atoms with Crippen LogP contribution >= 0.6 is 0 Å².